The van der Waals surface area contributed by atoms with Gasteiger partial charge in [-0.25, -0.2) is 4.79 Å². The summed E-state index contributed by atoms with van der Waals surface area (Å²) in [6, 6.07) is 10.7. The molecule has 2 aliphatic rings. The molecule has 1 aromatic rings. The van der Waals surface area contributed by atoms with Crippen LogP contribution in [0.1, 0.15) is 38.2 Å². The van der Waals surface area contributed by atoms with Gasteiger partial charge in [0.05, 0.1) is 6.04 Å². The molecular formula is C17H24N2O2. The number of piperidine rings is 1. The number of nitrogens with zero attached hydrogens (tertiary/aromatic N) is 1. The minimum absolute atomic E-state index is 0.189. The molecule has 1 aromatic carbocycles. The van der Waals surface area contributed by atoms with Gasteiger partial charge in [0.2, 0.25) is 0 Å². The summed E-state index contributed by atoms with van der Waals surface area (Å²) in [4.78, 5) is 14.1. The van der Waals surface area contributed by atoms with E-state index in [1.807, 2.05) is 6.07 Å². The third-order valence-corrected chi connectivity index (χ3v) is 4.75. The minimum Gasteiger partial charge on any atom is -0.441 e. The normalized spacial score (nSPS) is 24.8. The molecule has 114 valence electrons. The van der Waals surface area contributed by atoms with E-state index in [9.17, 15) is 4.79 Å². The second kappa shape index (κ2) is 6.06. The Balaban J connectivity index is 1.60. The Hall–Kier alpha value is -1.55. The molecule has 2 saturated heterocycles. The van der Waals surface area contributed by atoms with Crippen molar-refractivity contribution in [3.05, 3.63) is 35.9 Å². The maximum atomic E-state index is 11.6. The van der Waals surface area contributed by atoms with Gasteiger partial charge in [0.25, 0.3) is 0 Å². The lowest BCUT2D eigenvalue weighted by atomic mass is 9.82. The lowest BCUT2D eigenvalue weighted by Crippen LogP contribution is -2.51. The van der Waals surface area contributed by atoms with Crippen molar-refractivity contribution >= 4 is 6.09 Å². The van der Waals surface area contributed by atoms with E-state index in [-0.39, 0.29) is 17.7 Å². The van der Waals surface area contributed by atoms with Crippen molar-refractivity contribution < 1.29 is 9.53 Å². The van der Waals surface area contributed by atoms with Crippen LogP contribution in [0.2, 0.25) is 0 Å². The molecule has 4 heteroatoms. The van der Waals surface area contributed by atoms with Crippen molar-refractivity contribution in [1.29, 1.82) is 0 Å². The Kier molecular flexibility index (Phi) is 4.15. The molecule has 2 heterocycles. The summed E-state index contributed by atoms with van der Waals surface area (Å²) in [6.45, 7) is 5.12. The van der Waals surface area contributed by atoms with Gasteiger partial charge in [-0.15, -0.1) is 0 Å². The zero-order valence-corrected chi connectivity index (χ0v) is 12.7. The third-order valence-electron chi connectivity index (χ3n) is 4.75. The van der Waals surface area contributed by atoms with Crippen molar-refractivity contribution in [2.45, 2.75) is 50.8 Å². The third kappa shape index (κ3) is 3.05. The Morgan fingerprint density at radius 1 is 1.29 bits per heavy atom. The predicted molar refractivity (Wildman–Crippen MR) is 82.0 cm³/mol. The maximum absolute atomic E-state index is 11.6. The molecule has 0 aromatic heterocycles. The molecular weight excluding hydrogens is 264 g/mol. The van der Waals surface area contributed by atoms with Crippen molar-refractivity contribution in [3.8, 4) is 0 Å². The number of amides is 1. The molecule has 21 heavy (non-hydrogen) atoms. The maximum Gasteiger partial charge on any atom is 0.408 e. The fourth-order valence-electron chi connectivity index (χ4n) is 3.56. The van der Waals surface area contributed by atoms with Gasteiger partial charge in [-0.05, 0) is 12.0 Å². The van der Waals surface area contributed by atoms with Crippen molar-refractivity contribution in [1.82, 2.24) is 10.2 Å². The summed E-state index contributed by atoms with van der Waals surface area (Å²) < 4.78 is 5.68. The lowest BCUT2D eigenvalue weighted by molar-refractivity contribution is -0.0217. The van der Waals surface area contributed by atoms with E-state index in [1.165, 1.54) is 5.56 Å². The van der Waals surface area contributed by atoms with Gasteiger partial charge >= 0.3 is 6.09 Å². The molecule has 1 amide bonds. The van der Waals surface area contributed by atoms with Crippen LogP contribution in [0.5, 0.6) is 0 Å². The number of carbonyl (C=O) groups excluding carboxylic acids is 1. The second-order valence-corrected chi connectivity index (χ2v) is 6.20. The van der Waals surface area contributed by atoms with Crippen molar-refractivity contribution in [2.24, 2.45) is 0 Å². The Morgan fingerprint density at radius 3 is 2.67 bits per heavy atom. The van der Waals surface area contributed by atoms with E-state index < -0.39 is 0 Å². The molecule has 1 N–H and O–H groups in total. The number of benzene rings is 1. The summed E-state index contributed by atoms with van der Waals surface area (Å²) >= 11 is 0. The minimum atomic E-state index is -0.264. The second-order valence-electron chi connectivity index (χ2n) is 6.20. The quantitative estimate of drug-likeness (QED) is 0.926. The number of hydrogen-bond acceptors (Lipinski definition) is 3. The van der Waals surface area contributed by atoms with Crippen LogP contribution < -0.4 is 5.32 Å². The van der Waals surface area contributed by atoms with Crippen LogP contribution >= 0.6 is 0 Å². The Bertz CT molecular complexity index is 481. The van der Waals surface area contributed by atoms with Crippen LogP contribution in [-0.4, -0.2) is 35.7 Å². The van der Waals surface area contributed by atoms with Gasteiger partial charge in [0.15, 0.2) is 0 Å². The number of carbonyl (C=O) groups is 1. The van der Waals surface area contributed by atoms with Gasteiger partial charge in [0.1, 0.15) is 5.60 Å². The van der Waals surface area contributed by atoms with E-state index in [4.69, 9.17) is 4.74 Å². The van der Waals surface area contributed by atoms with Crippen LogP contribution in [0.15, 0.2) is 30.3 Å². The average molecular weight is 288 g/mol. The first-order chi connectivity index (χ1) is 10.2. The zero-order chi connectivity index (χ0) is 14.7. The predicted octanol–water partition coefficient (Wildman–Crippen LogP) is 2.93. The van der Waals surface area contributed by atoms with Crippen LogP contribution in [0.4, 0.5) is 4.79 Å². The highest BCUT2D eigenvalue weighted by Gasteiger charge is 2.49. The highest BCUT2D eigenvalue weighted by Crippen LogP contribution is 2.36. The van der Waals surface area contributed by atoms with Gasteiger partial charge < -0.3 is 10.1 Å². The first kappa shape index (κ1) is 14.4. The summed E-state index contributed by atoms with van der Waals surface area (Å²) in [6.07, 6.45) is 3.71. The molecule has 0 radical (unpaired) electrons. The largest absolute Gasteiger partial charge is 0.441 e. The summed E-state index contributed by atoms with van der Waals surface area (Å²) in [5.41, 5.74) is 1.08. The van der Waals surface area contributed by atoms with E-state index in [2.05, 4.69) is 41.4 Å². The number of likely N-dealkylation sites (tertiary alicyclic amines) is 1. The summed E-state index contributed by atoms with van der Waals surface area (Å²) in [5, 5.41) is 3.00. The molecule has 1 spiro atoms. The number of hydrogen-bond donors (Lipinski definition) is 1. The van der Waals surface area contributed by atoms with Crippen molar-refractivity contribution in [2.75, 3.05) is 13.1 Å². The van der Waals surface area contributed by atoms with Crippen LogP contribution in [-0.2, 0) is 11.3 Å². The van der Waals surface area contributed by atoms with Gasteiger partial charge in [0, 0.05) is 32.5 Å². The monoisotopic (exact) mass is 288 g/mol. The van der Waals surface area contributed by atoms with E-state index in [1.54, 1.807) is 0 Å². The molecule has 4 nitrogen and oxygen atoms in total. The fraction of sp³-hybridized carbons (Fsp3) is 0.588. The van der Waals surface area contributed by atoms with Gasteiger partial charge in [-0.2, -0.15) is 0 Å². The average Bonchev–Trinajstić information content (AvgIpc) is 2.79. The first-order valence-corrected chi connectivity index (χ1v) is 7.98. The molecule has 0 saturated carbocycles. The standard InChI is InChI=1S/C17H24N2O2/c1-2-6-15-17(21-16(20)18-15)9-11-19(12-10-17)13-14-7-4-3-5-8-14/h3-5,7-8,15H,2,6,9-13H2,1H3,(H,18,20). The summed E-state index contributed by atoms with van der Waals surface area (Å²) in [5.74, 6) is 0. The first-order valence-electron chi connectivity index (χ1n) is 7.98. The highest BCUT2D eigenvalue weighted by molar-refractivity contribution is 5.71. The molecule has 3 rings (SSSR count). The highest BCUT2D eigenvalue weighted by atomic mass is 16.6. The van der Waals surface area contributed by atoms with Crippen LogP contribution in [0.3, 0.4) is 0 Å². The van der Waals surface area contributed by atoms with Crippen molar-refractivity contribution in [3.63, 3.8) is 0 Å². The number of rotatable bonds is 4. The summed E-state index contributed by atoms with van der Waals surface area (Å²) in [7, 11) is 0. The molecule has 0 aliphatic carbocycles. The molecule has 1 unspecified atom stereocenters. The molecule has 2 aliphatic heterocycles. The van der Waals surface area contributed by atoms with E-state index >= 15 is 0 Å². The fourth-order valence-corrected chi connectivity index (χ4v) is 3.56. The number of alkyl carbamates (subject to hydrolysis) is 1. The van der Waals surface area contributed by atoms with Gasteiger partial charge in [-0.3, -0.25) is 4.90 Å². The molecule has 2 fully saturated rings. The molecule has 0 bridgehead atoms. The number of nitrogens with one attached hydrogen (secondary N) is 1. The lowest BCUT2D eigenvalue weighted by Gasteiger charge is -2.40. The topological polar surface area (TPSA) is 41.6 Å². The van der Waals surface area contributed by atoms with E-state index in [0.29, 0.717) is 0 Å². The Morgan fingerprint density at radius 2 is 2.00 bits per heavy atom. The number of ether oxygens (including phenoxy) is 1. The zero-order valence-electron chi connectivity index (χ0n) is 12.7. The smallest absolute Gasteiger partial charge is 0.408 e. The SMILES string of the molecule is CCCC1NC(=O)OC12CCN(Cc1ccccc1)CC2. The van der Waals surface area contributed by atoms with E-state index in [0.717, 1.165) is 45.3 Å². The Labute approximate surface area is 126 Å². The van der Waals surface area contributed by atoms with Gasteiger partial charge in [-0.1, -0.05) is 43.7 Å². The van der Waals surface area contributed by atoms with Crippen LogP contribution in [0.25, 0.3) is 0 Å². The molecule has 1 atom stereocenters. The van der Waals surface area contributed by atoms with Crippen LogP contribution in [0, 0.1) is 0 Å².